The zero-order valence-electron chi connectivity index (χ0n) is 19.7. The molecule has 1 saturated heterocycles. The fourth-order valence-electron chi connectivity index (χ4n) is 5.16. The number of hydrogen-bond acceptors (Lipinski definition) is 3. The highest BCUT2D eigenvalue weighted by molar-refractivity contribution is 6.30. The molecule has 1 unspecified atom stereocenters. The number of benzene rings is 1. The number of urea groups is 1. The highest BCUT2D eigenvalue weighted by Gasteiger charge is 2.40. The van der Waals surface area contributed by atoms with Crippen molar-refractivity contribution in [3.05, 3.63) is 34.9 Å². The lowest BCUT2D eigenvalue weighted by Crippen LogP contribution is -2.58. The summed E-state index contributed by atoms with van der Waals surface area (Å²) in [5.74, 6) is 0.314. The van der Waals surface area contributed by atoms with Gasteiger partial charge in [0, 0.05) is 24.2 Å². The summed E-state index contributed by atoms with van der Waals surface area (Å²) in [5.41, 5.74) is 1.16. The number of rotatable bonds is 5. The largest absolute Gasteiger partial charge is 0.393 e. The minimum atomic E-state index is -0.563. The summed E-state index contributed by atoms with van der Waals surface area (Å²) in [4.78, 5) is 28.0. The van der Waals surface area contributed by atoms with E-state index >= 15 is 0 Å². The standard InChI is InChI=1S/C25H38ClN3O3/c1-16(2)22(28-24(32)27-19-9-11-20(30)12-10-19)23(31)29-14-13-21(25(3,4)15-29)17-5-7-18(26)8-6-17/h5-8,16,19-22,30H,9-15H2,1-4H3,(H2,27,28,32)/t19?,20?,21?,22-/m1/s1. The third-order valence-electron chi connectivity index (χ3n) is 7.06. The van der Waals surface area contributed by atoms with E-state index in [1.54, 1.807) is 0 Å². The van der Waals surface area contributed by atoms with Gasteiger partial charge in [-0.25, -0.2) is 4.79 Å². The molecule has 1 aromatic carbocycles. The Morgan fingerprint density at radius 2 is 1.72 bits per heavy atom. The molecule has 2 fully saturated rings. The van der Waals surface area contributed by atoms with Gasteiger partial charge in [0.15, 0.2) is 0 Å². The number of hydrogen-bond donors (Lipinski definition) is 3. The zero-order valence-corrected chi connectivity index (χ0v) is 20.5. The van der Waals surface area contributed by atoms with E-state index in [-0.39, 0.29) is 35.4 Å². The normalized spacial score (nSPS) is 26.5. The molecule has 32 heavy (non-hydrogen) atoms. The topological polar surface area (TPSA) is 81.7 Å². The van der Waals surface area contributed by atoms with Crippen molar-refractivity contribution < 1.29 is 14.7 Å². The Morgan fingerprint density at radius 3 is 2.28 bits per heavy atom. The maximum Gasteiger partial charge on any atom is 0.315 e. The van der Waals surface area contributed by atoms with Gasteiger partial charge in [-0.15, -0.1) is 0 Å². The first kappa shape index (κ1) is 24.8. The Hall–Kier alpha value is -1.79. The van der Waals surface area contributed by atoms with Gasteiger partial charge in [-0.1, -0.05) is 51.4 Å². The van der Waals surface area contributed by atoms with Crippen molar-refractivity contribution in [3.63, 3.8) is 0 Å². The Bertz CT molecular complexity index is 788. The Kier molecular flexibility index (Phi) is 8.10. The van der Waals surface area contributed by atoms with Gasteiger partial charge in [-0.2, -0.15) is 0 Å². The van der Waals surface area contributed by atoms with Crippen molar-refractivity contribution in [2.24, 2.45) is 11.3 Å². The monoisotopic (exact) mass is 463 g/mol. The zero-order chi connectivity index (χ0) is 23.5. The van der Waals surface area contributed by atoms with Gasteiger partial charge in [0.2, 0.25) is 5.91 Å². The van der Waals surface area contributed by atoms with Gasteiger partial charge in [0.05, 0.1) is 6.10 Å². The van der Waals surface area contributed by atoms with Crippen LogP contribution in [0.1, 0.15) is 71.3 Å². The molecule has 1 aromatic rings. The molecular formula is C25H38ClN3O3. The molecule has 0 spiro atoms. The SMILES string of the molecule is CC(C)[C@@H](NC(=O)NC1CCC(O)CC1)C(=O)N1CCC(c2ccc(Cl)cc2)C(C)(C)C1. The van der Waals surface area contributed by atoms with E-state index in [0.717, 1.165) is 24.3 Å². The number of halogens is 1. The van der Waals surface area contributed by atoms with Gasteiger partial charge >= 0.3 is 6.03 Å². The molecule has 178 valence electrons. The Labute approximate surface area is 197 Å². The van der Waals surface area contributed by atoms with E-state index in [1.807, 2.05) is 30.9 Å². The van der Waals surface area contributed by atoms with Gasteiger partial charge in [-0.05, 0) is 67.1 Å². The predicted molar refractivity (Wildman–Crippen MR) is 128 cm³/mol. The van der Waals surface area contributed by atoms with Gasteiger partial charge in [-0.3, -0.25) is 4.79 Å². The Morgan fingerprint density at radius 1 is 1.09 bits per heavy atom. The number of aliphatic hydroxyl groups is 1. The summed E-state index contributed by atoms with van der Waals surface area (Å²) in [6.45, 7) is 9.65. The molecule has 1 aliphatic carbocycles. The van der Waals surface area contributed by atoms with E-state index < -0.39 is 6.04 Å². The van der Waals surface area contributed by atoms with E-state index in [1.165, 1.54) is 5.56 Å². The van der Waals surface area contributed by atoms with Crippen molar-refractivity contribution in [2.75, 3.05) is 13.1 Å². The van der Waals surface area contributed by atoms with Crippen LogP contribution in [0.15, 0.2) is 24.3 Å². The minimum Gasteiger partial charge on any atom is -0.393 e. The molecular weight excluding hydrogens is 426 g/mol. The van der Waals surface area contributed by atoms with Crippen molar-refractivity contribution in [2.45, 2.75) is 83.9 Å². The van der Waals surface area contributed by atoms with Crippen LogP contribution in [-0.4, -0.2) is 53.2 Å². The molecule has 3 amide bonds. The quantitative estimate of drug-likeness (QED) is 0.608. The third-order valence-corrected chi connectivity index (χ3v) is 7.32. The van der Waals surface area contributed by atoms with Crippen LogP contribution in [0.2, 0.25) is 5.02 Å². The van der Waals surface area contributed by atoms with Crippen LogP contribution in [-0.2, 0) is 4.79 Å². The van der Waals surface area contributed by atoms with Crippen LogP contribution in [0.4, 0.5) is 4.79 Å². The number of amides is 3. The molecule has 1 aliphatic heterocycles. The summed E-state index contributed by atoms with van der Waals surface area (Å²) in [6, 6.07) is 7.21. The van der Waals surface area contributed by atoms with Crippen LogP contribution in [0.25, 0.3) is 0 Å². The third kappa shape index (κ3) is 6.16. The Balaban J connectivity index is 1.61. The first-order valence-corrected chi connectivity index (χ1v) is 12.2. The van der Waals surface area contributed by atoms with Crippen LogP contribution in [0.3, 0.4) is 0 Å². The van der Waals surface area contributed by atoms with Crippen molar-refractivity contribution in [3.8, 4) is 0 Å². The molecule has 7 heteroatoms. The van der Waals surface area contributed by atoms with E-state index in [0.29, 0.717) is 31.8 Å². The molecule has 0 radical (unpaired) electrons. The van der Waals surface area contributed by atoms with Crippen LogP contribution in [0.5, 0.6) is 0 Å². The molecule has 0 bridgehead atoms. The summed E-state index contributed by atoms with van der Waals surface area (Å²) < 4.78 is 0. The second-order valence-corrected chi connectivity index (χ2v) is 10.9. The fraction of sp³-hybridized carbons (Fsp3) is 0.680. The number of nitrogens with one attached hydrogen (secondary N) is 2. The predicted octanol–water partition coefficient (Wildman–Crippen LogP) is 4.31. The highest BCUT2D eigenvalue weighted by Crippen LogP contribution is 2.42. The number of likely N-dealkylation sites (tertiary alicyclic amines) is 1. The molecule has 1 saturated carbocycles. The molecule has 3 rings (SSSR count). The van der Waals surface area contributed by atoms with Crippen LogP contribution >= 0.6 is 11.6 Å². The summed E-state index contributed by atoms with van der Waals surface area (Å²) in [6.07, 6.45) is 3.55. The van der Waals surface area contributed by atoms with E-state index in [9.17, 15) is 14.7 Å². The molecule has 3 N–H and O–H groups in total. The molecule has 0 aromatic heterocycles. The number of aliphatic hydroxyl groups excluding tert-OH is 1. The fourth-order valence-corrected chi connectivity index (χ4v) is 5.28. The van der Waals surface area contributed by atoms with Gasteiger partial charge in [0.1, 0.15) is 6.04 Å². The maximum absolute atomic E-state index is 13.4. The van der Waals surface area contributed by atoms with Gasteiger partial charge < -0.3 is 20.6 Å². The molecule has 2 aliphatic rings. The number of piperidine rings is 1. The van der Waals surface area contributed by atoms with Crippen molar-refractivity contribution in [1.82, 2.24) is 15.5 Å². The number of nitrogens with zero attached hydrogens (tertiary/aromatic N) is 1. The summed E-state index contributed by atoms with van der Waals surface area (Å²) in [5, 5.41) is 16.3. The first-order chi connectivity index (χ1) is 15.1. The summed E-state index contributed by atoms with van der Waals surface area (Å²) >= 11 is 6.06. The minimum absolute atomic E-state index is 0.0153. The lowest BCUT2D eigenvalue weighted by molar-refractivity contribution is -0.137. The molecule has 6 nitrogen and oxygen atoms in total. The average Bonchev–Trinajstić information content (AvgIpc) is 2.73. The van der Waals surface area contributed by atoms with Crippen molar-refractivity contribution >= 4 is 23.5 Å². The average molecular weight is 464 g/mol. The van der Waals surface area contributed by atoms with E-state index in [4.69, 9.17) is 11.6 Å². The van der Waals surface area contributed by atoms with Crippen LogP contribution in [0, 0.1) is 11.3 Å². The first-order valence-electron chi connectivity index (χ1n) is 11.9. The second kappa shape index (κ2) is 10.4. The lowest BCUT2D eigenvalue weighted by Gasteiger charge is -2.45. The smallest absolute Gasteiger partial charge is 0.315 e. The van der Waals surface area contributed by atoms with E-state index in [2.05, 4.69) is 36.6 Å². The van der Waals surface area contributed by atoms with Crippen LogP contribution < -0.4 is 10.6 Å². The number of carbonyl (C=O) groups excluding carboxylic acids is 2. The lowest BCUT2D eigenvalue weighted by atomic mass is 9.70. The van der Waals surface area contributed by atoms with Crippen molar-refractivity contribution in [1.29, 1.82) is 0 Å². The maximum atomic E-state index is 13.4. The summed E-state index contributed by atoms with van der Waals surface area (Å²) in [7, 11) is 0. The second-order valence-electron chi connectivity index (χ2n) is 10.5. The molecule has 2 atom stereocenters. The molecule has 1 heterocycles. The number of carbonyl (C=O) groups is 2. The highest BCUT2D eigenvalue weighted by atomic mass is 35.5. The van der Waals surface area contributed by atoms with Gasteiger partial charge in [0.25, 0.3) is 0 Å².